The van der Waals surface area contributed by atoms with Crippen molar-refractivity contribution in [3.63, 3.8) is 0 Å². The van der Waals surface area contributed by atoms with Crippen molar-refractivity contribution >= 4 is 50.9 Å². The minimum Gasteiger partial charge on any atom is -0.455 e. The first kappa shape index (κ1) is 16.1. The zero-order valence-corrected chi connectivity index (χ0v) is 14.8. The van der Waals surface area contributed by atoms with Crippen LogP contribution in [-0.4, -0.2) is 22.6 Å². The highest BCUT2D eigenvalue weighted by molar-refractivity contribution is 7.99. The van der Waals surface area contributed by atoms with Crippen LogP contribution in [0.1, 0.15) is 21.8 Å². The molecule has 25 heavy (non-hydrogen) atoms. The highest BCUT2D eigenvalue weighted by Gasteiger charge is 2.17. The second kappa shape index (κ2) is 6.85. The van der Waals surface area contributed by atoms with Crippen LogP contribution >= 0.6 is 23.1 Å². The molecule has 0 atom stereocenters. The normalized spacial score (nSPS) is 13.8. The molecule has 3 aromatic rings. The Morgan fingerprint density at radius 2 is 2.12 bits per heavy atom. The molecule has 126 valence electrons. The summed E-state index contributed by atoms with van der Waals surface area (Å²) >= 11 is 3.11. The van der Waals surface area contributed by atoms with Crippen LogP contribution in [-0.2, 0) is 16.1 Å². The second-order valence-electron chi connectivity index (χ2n) is 5.51. The first-order valence-corrected chi connectivity index (χ1v) is 9.57. The molecule has 0 fully saturated rings. The van der Waals surface area contributed by atoms with E-state index in [4.69, 9.17) is 4.74 Å². The Bertz CT molecular complexity index is 935. The number of thiazole rings is 1. The van der Waals surface area contributed by atoms with Crippen LogP contribution in [0.25, 0.3) is 10.2 Å². The van der Waals surface area contributed by atoms with Crippen LogP contribution in [0.5, 0.6) is 0 Å². The van der Waals surface area contributed by atoms with E-state index >= 15 is 0 Å². The van der Waals surface area contributed by atoms with Crippen LogP contribution in [0, 0.1) is 0 Å². The molecule has 5 nitrogen and oxygen atoms in total. The quantitative estimate of drug-likeness (QED) is 0.704. The smallest absolute Gasteiger partial charge is 0.338 e. The van der Waals surface area contributed by atoms with Crippen molar-refractivity contribution in [1.29, 1.82) is 0 Å². The van der Waals surface area contributed by atoms with Gasteiger partial charge >= 0.3 is 5.97 Å². The number of nitrogens with zero attached hydrogens (tertiary/aromatic N) is 1. The van der Waals surface area contributed by atoms with Gasteiger partial charge in [0.2, 0.25) is 5.91 Å². The van der Waals surface area contributed by atoms with Gasteiger partial charge in [-0.05, 0) is 30.3 Å². The topological polar surface area (TPSA) is 68.3 Å². The number of benzene rings is 2. The van der Waals surface area contributed by atoms with E-state index in [1.165, 1.54) is 11.3 Å². The Morgan fingerprint density at radius 1 is 1.24 bits per heavy atom. The minimum atomic E-state index is -0.425. The Labute approximate surface area is 152 Å². The lowest BCUT2D eigenvalue weighted by Crippen LogP contribution is -2.11. The second-order valence-corrected chi connectivity index (χ2v) is 7.76. The lowest BCUT2D eigenvalue weighted by molar-refractivity contribution is -0.115. The van der Waals surface area contributed by atoms with Gasteiger partial charge in [-0.25, -0.2) is 9.78 Å². The fourth-order valence-corrected chi connectivity index (χ4v) is 4.36. The molecule has 4 rings (SSSR count). The van der Waals surface area contributed by atoms with Gasteiger partial charge in [0.05, 0.1) is 21.5 Å². The van der Waals surface area contributed by atoms with Crippen LogP contribution in [0.4, 0.5) is 5.69 Å². The predicted octanol–water partition coefficient (Wildman–Crippen LogP) is 4.09. The van der Waals surface area contributed by atoms with Crippen molar-refractivity contribution < 1.29 is 14.3 Å². The minimum absolute atomic E-state index is 0.0359. The molecule has 0 saturated carbocycles. The number of nitrogens with one attached hydrogen (secondary N) is 1. The standard InChI is InChI=1S/C18H14N2O3S2/c21-16-7-8-24-14-6-5-11(9-13(14)19-16)18(22)23-10-17-20-12-3-1-2-4-15(12)25-17/h1-6,9H,7-8,10H2,(H,19,21). The van der Waals surface area contributed by atoms with Crippen molar-refractivity contribution in [2.75, 3.05) is 11.1 Å². The van der Waals surface area contributed by atoms with E-state index in [0.717, 1.165) is 25.9 Å². The van der Waals surface area contributed by atoms with Crippen LogP contribution < -0.4 is 5.32 Å². The molecule has 1 aliphatic rings. The van der Waals surface area contributed by atoms with Gasteiger partial charge in [-0.15, -0.1) is 23.1 Å². The predicted molar refractivity (Wildman–Crippen MR) is 99.2 cm³/mol. The maximum atomic E-state index is 12.3. The number of thioether (sulfide) groups is 1. The number of aromatic nitrogens is 1. The lowest BCUT2D eigenvalue weighted by Gasteiger charge is -2.08. The number of esters is 1. The average molecular weight is 370 g/mol. The summed E-state index contributed by atoms with van der Waals surface area (Å²) in [5.74, 6) is 0.275. The number of hydrogen-bond donors (Lipinski definition) is 1. The summed E-state index contributed by atoms with van der Waals surface area (Å²) in [6.45, 7) is 0.135. The molecule has 1 amide bonds. The number of para-hydroxylation sites is 1. The molecular formula is C18H14N2O3S2. The van der Waals surface area contributed by atoms with Crippen molar-refractivity contribution in [1.82, 2.24) is 4.98 Å². The molecule has 0 radical (unpaired) electrons. The molecule has 0 bridgehead atoms. The summed E-state index contributed by atoms with van der Waals surface area (Å²) in [5, 5.41) is 3.59. The van der Waals surface area contributed by atoms with E-state index in [-0.39, 0.29) is 12.5 Å². The molecule has 2 aromatic carbocycles. The first-order valence-electron chi connectivity index (χ1n) is 7.77. The number of rotatable bonds is 3. The summed E-state index contributed by atoms with van der Waals surface area (Å²) in [6.07, 6.45) is 0.469. The summed E-state index contributed by atoms with van der Waals surface area (Å²) in [6, 6.07) is 13.1. The van der Waals surface area contributed by atoms with Crippen LogP contribution in [0.15, 0.2) is 47.4 Å². The van der Waals surface area contributed by atoms with E-state index in [1.54, 1.807) is 23.9 Å². The number of anilines is 1. The van der Waals surface area contributed by atoms with E-state index in [1.807, 2.05) is 30.3 Å². The van der Waals surface area contributed by atoms with Gasteiger partial charge in [-0.1, -0.05) is 12.1 Å². The van der Waals surface area contributed by atoms with Crippen molar-refractivity contribution in [3.8, 4) is 0 Å². The van der Waals surface area contributed by atoms with Gasteiger partial charge < -0.3 is 10.1 Å². The first-order chi connectivity index (χ1) is 12.2. The maximum absolute atomic E-state index is 12.3. The zero-order valence-electron chi connectivity index (χ0n) is 13.2. The third kappa shape index (κ3) is 3.52. The zero-order chi connectivity index (χ0) is 17.2. The number of carbonyl (C=O) groups is 2. The lowest BCUT2D eigenvalue weighted by atomic mass is 10.2. The molecule has 1 N–H and O–H groups in total. The largest absolute Gasteiger partial charge is 0.455 e. The highest BCUT2D eigenvalue weighted by atomic mass is 32.2. The molecule has 2 heterocycles. The third-order valence-corrected chi connectivity index (χ3v) is 5.83. The molecular weight excluding hydrogens is 356 g/mol. The SMILES string of the molecule is O=C1CCSc2ccc(C(=O)OCc3nc4ccccc4s3)cc2N1. The monoisotopic (exact) mass is 370 g/mol. The number of ether oxygens (including phenoxy) is 1. The molecule has 7 heteroatoms. The van der Waals surface area contributed by atoms with E-state index in [9.17, 15) is 9.59 Å². The fraction of sp³-hybridized carbons (Fsp3) is 0.167. The van der Waals surface area contributed by atoms with Gasteiger partial charge in [0.25, 0.3) is 0 Å². The van der Waals surface area contributed by atoms with Crippen LogP contribution in [0.3, 0.4) is 0 Å². The van der Waals surface area contributed by atoms with Gasteiger partial charge in [-0.2, -0.15) is 0 Å². The Kier molecular flexibility index (Phi) is 4.42. The molecule has 0 unspecified atom stereocenters. The van der Waals surface area contributed by atoms with Gasteiger partial charge in [0.15, 0.2) is 0 Å². The summed E-state index contributed by atoms with van der Waals surface area (Å²) in [5.41, 5.74) is 1.99. The third-order valence-electron chi connectivity index (χ3n) is 3.74. The number of amides is 1. The van der Waals surface area contributed by atoms with Crippen molar-refractivity contribution in [3.05, 3.63) is 53.0 Å². The van der Waals surface area contributed by atoms with Crippen molar-refractivity contribution in [2.24, 2.45) is 0 Å². The van der Waals surface area contributed by atoms with Crippen LogP contribution in [0.2, 0.25) is 0 Å². The maximum Gasteiger partial charge on any atom is 0.338 e. The molecule has 0 spiro atoms. The van der Waals surface area contributed by atoms with E-state index in [0.29, 0.717) is 17.7 Å². The van der Waals surface area contributed by atoms with E-state index < -0.39 is 5.97 Å². The van der Waals surface area contributed by atoms with Gasteiger partial charge in [0.1, 0.15) is 11.6 Å². The Morgan fingerprint density at radius 3 is 3.00 bits per heavy atom. The van der Waals surface area contributed by atoms with E-state index in [2.05, 4.69) is 10.3 Å². The highest BCUT2D eigenvalue weighted by Crippen LogP contribution is 2.31. The number of carbonyl (C=O) groups excluding carboxylic acids is 2. The van der Waals surface area contributed by atoms with Crippen molar-refractivity contribution in [2.45, 2.75) is 17.9 Å². The molecule has 0 aliphatic carbocycles. The molecule has 1 aromatic heterocycles. The number of hydrogen-bond acceptors (Lipinski definition) is 6. The molecule has 0 saturated heterocycles. The summed E-state index contributed by atoms with van der Waals surface area (Å²) in [4.78, 5) is 29.4. The van der Waals surface area contributed by atoms with Gasteiger partial charge in [0, 0.05) is 17.1 Å². The number of fused-ring (bicyclic) bond motifs is 2. The fourth-order valence-electron chi connectivity index (χ4n) is 2.54. The summed E-state index contributed by atoms with van der Waals surface area (Å²) < 4.78 is 6.45. The van der Waals surface area contributed by atoms with Gasteiger partial charge in [-0.3, -0.25) is 4.79 Å². The molecule has 1 aliphatic heterocycles. The summed E-state index contributed by atoms with van der Waals surface area (Å²) in [7, 11) is 0. The Balaban J connectivity index is 1.48. The Hall–Kier alpha value is -2.38. The average Bonchev–Trinajstić information content (AvgIpc) is 2.94.